The third-order valence-electron chi connectivity index (χ3n) is 3.65. The Morgan fingerprint density at radius 1 is 1.40 bits per heavy atom. The highest BCUT2D eigenvalue weighted by molar-refractivity contribution is 7.99. The molecule has 1 fully saturated rings. The minimum atomic E-state index is 0.0110. The summed E-state index contributed by atoms with van der Waals surface area (Å²) in [5.74, 6) is 3.84. The SMILES string of the molecule is CCc1cc(C(=O)NCC2CCSCC2)cc(NC)n1. The zero-order chi connectivity index (χ0) is 14.4. The summed E-state index contributed by atoms with van der Waals surface area (Å²) in [5, 5.41) is 6.08. The van der Waals surface area contributed by atoms with E-state index >= 15 is 0 Å². The minimum Gasteiger partial charge on any atom is -0.373 e. The fourth-order valence-corrected chi connectivity index (χ4v) is 3.52. The monoisotopic (exact) mass is 293 g/mol. The van der Waals surface area contributed by atoms with Crippen molar-refractivity contribution in [3.8, 4) is 0 Å². The largest absolute Gasteiger partial charge is 0.373 e. The zero-order valence-corrected chi connectivity index (χ0v) is 13.1. The standard InChI is InChI=1S/C15H23N3OS/c1-3-13-8-12(9-14(16-2)18-13)15(19)17-10-11-4-6-20-7-5-11/h8-9,11H,3-7,10H2,1-2H3,(H,16,18)(H,17,19). The molecule has 20 heavy (non-hydrogen) atoms. The van der Waals surface area contributed by atoms with Crippen LogP contribution in [0.5, 0.6) is 0 Å². The first kappa shape index (κ1) is 15.2. The van der Waals surface area contributed by atoms with Gasteiger partial charge in [0.1, 0.15) is 5.82 Å². The van der Waals surface area contributed by atoms with Crippen LogP contribution < -0.4 is 10.6 Å². The number of carbonyl (C=O) groups is 1. The topological polar surface area (TPSA) is 54.0 Å². The predicted molar refractivity (Wildman–Crippen MR) is 85.5 cm³/mol. The van der Waals surface area contributed by atoms with Gasteiger partial charge in [-0.25, -0.2) is 4.98 Å². The Labute approximate surface area is 125 Å². The fraction of sp³-hybridized carbons (Fsp3) is 0.600. The van der Waals surface area contributed by atoms with E-state index in [0.717, 1.165) is 24.5 Å². The van der Waals surface area contributed by atoms with E-state index in [-0.39, 0.29) is 5.91 Å². The highest BCUT2D eigenvalue weighted by Crippen LogP contribution is 2.22. The summed E-state index contributed by atoms with van der Waals surface area (Å²) >= 11 is 2.01. The molecule has 1 saturated heterocycles. The molecule has 1 aromatic rings. The Morgan fingerprint density at radius 3 is 2.80 bits per heavy atom. The second-order valence-corrected chi connectivity index (χ2v) is 6.33. The van der Waals surface area contributed by atoms with Crippen LogP contribution >= 0.6 is 11.8 Å². The second-order valence-electron chi connectivity index (χ2n) is 5.10. The predicted octanol–water partition coefficient (Wildman–Crippen LogP) is 2.56. The maximum atomic E-state index is 12.3. The second kappa shape index (κ2) is 7.53. The van der Waals surface area contributed by atoms with Gasteiger partial charge in [0.05, 0.1) is 0 Å². The van der Waals surface area contributed by atoms with Gasteiger partial charge in [-0.3, -0.25) is 4.79 Å². The maximum absolute atomic E-state index is 12.3. The number of aromatic nitrogens is 1. The number of nitrogens with zero attached hydrogens (tertiary/aromatic N) is 1. The van der Waals surface area contributed by atoms with Crippen molar-refractivity contribution in [3.05, 3.63) is 23.4 Å². The molecule has 1 aliphatic rings. The third-order valence-corrected chi connectivity index (χ3v) is 4.70. The van der Waals surface area contributed by atoms with E-state index < -0.39 is 0 Å². The van der Waals surface area contributed by atoms with Crippen LogP contribution in [0.25, 0.3) is 0 Å². The van der Waals surface area contributed by atoms with Gasteiger partial charge in [-0.15, -0.1) is 0 Å². The molecule has 110 valence electrons. The Bertz CT molecular complexity index is 436. The molecule has 0 saturated carbocycles. The molecule has 1 aromatic heterocycles. The van der Waals surface area contributed by atoms with Crippen LogP contribution in [-0.2, 0) is 6.42 Å². The van der Waals surface area contributed by atoms with Crippen molar-refractivity contribution in [2.45, 2.75) is 26.2 Å². The molecule has 0 aromatic carbocycles. The first-order chi connectivity index (χ1) is 9.72. The summed E-state index contributed by atoms with van der Waals surface area (Å²) in [5.41, 5.74) is 1.64. The molecule has 0 spiro atoms. The Morgan fingerprint density at radius 2 is 2.15 bits per heavy atom. The Balaban J connectivity index is 1.97. The van der Waals surface area contributed by atoms with Gasteiger partial charge in [0.15, 0.2) is 0 Å². The summed E-state index contributed by atoms with van der Waals surface area (Å²) in [7, 11) is 1.82. The van der Waals surface area contributed by atoms with Gasteiger partial charge < -0.3 is 10.6 Å². The maximum Gasteiger partial charge on any atom is 0.251 e. The summed E-state index contributed by atoms with van der Waals surface area (Å²) in [6, 6.07) is 3.69. The third kappa shape index (κ3) is 4.13. The fourth-order valence-electron chi connectivity index (χ4n) is 2.32. The highest BCUT2D eigenvalue weighted by Gasteiger charge is 2.15. The van der Waals surface area contributed by atoms with Gasteiger partial charge in [0, 0.05) is 24.8 Å². The van der Waals surface area contributed by atoms with Crippen LogP contribution in [0.2, 0.25) is 0 Å². The minimum absolute atomic E-state index is 0.0110. The summed E-state index contributed by atoms with van der Waals surface area (Å²) in [4.78, 5) is 16.7. The van der Waals surface area contributed by atoms with Crippen LogP contribution in [0.15, 0.2) is 12.1 Å². The van der Waals surface area contributed by atoms with E-state index in [1.807, 2.05) is 37.9 Å². The van der Waals surface area contributed by atoms with E-state index in [1.165, 1.54) is 24.3 Å². The number of hydrogen-bond donors (Lipinski definition) is 2. The molecule has 0 bridgehead atoms. The van der Waals surface area contributed by atoms with Crippen molar-refractivity contribution in [2.24, 2.45) is 5.92 Å². The molecule has 0 unspecified atom stereocenters. The lowest BCUT2D eigenvalue weighted by molar-refractivity contribution is 0.0946. The van der Waals surface area contributed by atoms with Crippen molar-refractivity contribution < 1.29 is 4.79 Å². The van der Waals surface area contributed by atoms with Crippen molar-refractivity contribution in [1.29, 1.82) is 0 Å². The summed E-state index contributed by atoms with van der Waals surface area (Å²) in [6.07, 6.45) is 3.25. The molecule has 0 atom stereocenters. The molecule has 2 heterocycles. The lowest BCUT2D eigenvalue weighted by Crippen LogP contribution is -2.31. The normalized spacial score (nSPS) is 15.9. The molecule has 2 N–H and O–H groups in total. The number of aryl methyl sites for hydroxylation is 1. The van der Waals surface area contributed by atoms with E-state index in [0.29, 0.717) is 11.5 Å². The van der Waals surface area contributed by atoms with Crippen molar-refractivity contribution in [3.63, 3.8) is 0 Å². The smallest absolute Gasteiger partial charge is 0.251 e. The number of pyridine rings is 1. The van der Waals surface area contributed by atoms with E-state index in [1.54, 1.807) is 0 Å². The molecule has 4 nitrogen and oxygen atoms in total. The van der Waals surface area contributed by atoms with Crippen LogP contribution in [0.3, 0.4) is 0 Å². The number of nitrogens with one attached hydrogen (secondary N) is 2. The lowest BCUT2D eigenvalue weighted by atomic mass is 10.0. The van der Waals surface area contributed by atoms with E-state index in [2.05, 4.69) is 15.6 Å². The average molecular weight is 293 g/mol. The molecular formula is C15H23N3OS. The van der Waals surface area contributed by atoms with E-state index in [4.69, 9.17) is 0 Å². The van der Waals surface area contributed by atoms with Crippen molar-refractivity contribution >= 4 is 23.5 Å². The summed E-state index contributed by atoms with van der Waals surface area (Å²) < 4.78 is 0. The molecular weight excluding hydrogens is 270 g/mol. The number of anilines is 1. The van der Waals surface area contributed by atoms with Crippen LogP contribution in [-0.4, -0.2) is 36.0 Å². The zero-order valence-electron chi connectivity index (χ0n) is 12.2. The Kier molecular flexibility index (Phi) is 5.71. The molecule has 1 aliphatic heterocycles. The summed E-state index contributed by atoms with van der Waals surface area (Å²) in [6.45, 7) is 2.83. The molecule has 2 rings (SSSR count). The first-order valence-electron chi connectivity index (χ1n) is 7.27. The average Bonchev–Trinajstić information content (AvgIpc) is 2.52. The highest BCUT2D eigenvalue weighted by atomic mass is 32.2. The number of amides is 1. The van der Waals surface area contributed by atoms with Gasteiger partial charge in [0.2, 0.25) is 0 Å². The van der Waals surface area contributed by atoms with Crippen molar-refractivity contribution in [1.82, 2.24) is 10.3 Å². The first-order valence-corrected chi connectivity index (χ1v) is 8.43. The van der Waals surface area contributed by atoms with Gasteiger partial charge in [-0.1, -0.05) is 6.92 Å². The number of carbonyl (C=O) groups excluding carboxylic acids is 1. The van der Waals surface area contributed by atoms with Gasteiger partial charge in [-0.2, -0.15) is 11.8 Å². The molecule has 0 aliphatic carbocycles. The van der Waals surface area contributed by atoms with E-state index in [9.17, 15) is 4.79 Å². The molecule has 0 radical (unpaired) electrons. The van der Waals surface area contributed by atoms with Crippen LogP contribution in [0, 0.1) is 5.92 Å². The van der Waals surface area contributed by atoms with Gasteiger partial charge in [-0.05, 0) is 48.8 Å². The number of hydrogen-bond acceptors (Lipinski definition) is 4. The molecule has 5 heteroatoms. The molecule has 1 amide bonds. The van der Waals surface area contributed by atoms with Crippen LogP contribution in [0.1, 0.15) is 35.8 Å². The van der Waals surface area contributed by atoms with Crippen molar-refractivity contribution in [2.75, 3.05) is 30.4 Å². The van der Waals surface area contributed by atoms with Crippen LogP contribution in [0.4, 0.5) is 5.82 Å². The Hall–Kier alpha value is -1.23. The van der Waals surface area contributed by atoms with Gasteiger partial charge in [0.25, 0.3) is 5.91 Å². The van der Waals surface area contributed by atoms with Gasteiger partial charge >= 0.3 is 0 Å². The number of thioether (sulfide) groups is 1. The lowest BCUT2D eigenvalue weighted by Gasteiger charge is -2.21. The quantitative estimate of drug-likeness (QED) is 0.876. The number of rotatable bonds is 5.